The van der Waals surface area contributed by atoms with Crippen LogP contribution in [-0.4, -0.2) is 103 Å². The van der Waals surface area contributed by atoms with E-state index in [9.17, 15) is 8.42 Å². The minimum Gasteiger partial charge on any atom is -0.396 e. The molecule has 0 aromatic carbocycles. The number of nitrogens with zero attached hydrogens (tertiary/aromatic N) is 7. The Kier molecular flexibility index (Phi) is 13.5. The van der Waals surface area contributed by atoms with E-state index in [1.165, 1.54) is 38.5 Å². The lowest BCUT2D eigenvalue weighted by Gasteiger charge is -2.32. The van der Waals surface area contributed by atoms with Crippen molar-refractivity contribution in [3.05, 3.63) is 34.8 Å². The molecule has 2 aromatic rings. The SMILES string of the molecule is CCS(=O)(=O)N1CCC(COCC[C@@H]2C[C@@H]2C2CCN(c3ncc(Cl)cn3)CC2)CC1.OCC[C@@H]1C[C@@H]1C1CCN(c2ncc(Cl)cn2)CC1. The number of ether oxygens (including phenoxy) is 1. The molecule has 5 heterocycles. The zero-order valence-corrected chi connectivity index (χ0v) is 31.8. The smallest absolute Gasteiger partial charge is 0.225 e. The molecular weight excluding hydrogens is 697 g/mol. The average molecular weight is 753 g/mol. The number of hydrogen-bond acceptors (Lipinski definition) is 10. The molecule has 2 aromatic heterocycles. The number of aliphatic hydroxyl groups excluding tert-OH is 1. The van der Waals surface area contributed by atoms with Gasteiger partial charge in [0.1, 0.15) is 0 Å². The van der Waals surface area contributed by atoms with E-state index in [1.807, 2.05) is 0 Å². The van der Waals surface area contributed by atoms with E-state index < -0.39 is 10.0 Å². The lowest BCUT2D eigenvalue weighted by molar-refractivity contribution is 0.0745. The van der Waals surface area contributed by atoms with Crippen molar-refractivity contribution in [3.63, 3.8) is 0 Å². The third-order valence-corrected chi connectivity index (χ3v) is 14.1. The number of anilines is 2. The molecule has 14 heteroatoms. The summed E-state index contributed by atoms with van der Waals surface area (Å²) in [6, 6.07) is 0. The number of rotatable bonds is 13. The summed E-state index contributed by atoms with van der Waals surface area (Å²) in [5, 5.41) is 10.1. The molecule has 1 N–H and O–H groups in total. The number of piperidine rings is 3. The molecule has 11 nitrogen and oxygen atoms in total. The Labute approximate surface area is 308 Å². The monoisotopic (exact) mass is 751 g/mol. The van der Waals surface area contributed by atoms with Gasteiger partial charge in [0.25, 0.3) is 0 Å². The first-order valence-corrected chi connectivity index (χ1v) is 21.2. The van der Waals surface area contributed by atoms with Gasteiger partial charge < -0.3 is 19.6 Å². The summed E-state index contributed by atoms with van der Waals surface area (Å²) in [7, 11) is -3.03. The minimum absolute atomic E-state index is 0.199. The maximum Gasteiger partial charge on any atom is 0.225 e. The summed E-state index contributed by atoms with van der Waals surface area (Å²) >= 11 is 11.7. The molecule has 3 saturated heterocycles. The van der Waals surface area contributed by atoms with Crippen molar-refractivity contribution in [3.8, 4) is 0 Å². The molecule has 5 aliphatic rings. The second-order valence-electron chi connectivity index (χ2n) is 15.0. The number of sulfonamides is 1. The van der Waals surface area contributed by atoms with E-state index >= 15 is 0 Å². The largest absolute Gasteiger partial charge is 0.396 e. The Balaban J connectivity index is 0.000000194. The zero-order valence-electron chi connectivity index (χ0n) is 29.5. The summed E-state index contributed by atoms with van der Waals surface area (Å²) in [5.74, 6) is 7.27. The molecule has 0 spiro atoms. The number of aliphatic hydroxyl groups is 1. The van der Waals surface area contributed by atoms with Crippen molar-refractivity contribution in [2.45, 2.75) is 71.1 Å². The van der Waals surface area contributed by atoms with Crippen molar-refractivity contribution >= 4 is 45.1 Å². The number of halogens is 2. The van der Waals surface area contributed by atoms with Gasteiger partial charge in [-0.1, -0.05) is 23.2 Å². The molecular formula is C36H55Cl2N7O4S. The van der Waals surface area contributed by atoms with Crippen LogP contribution in [0.25, 0.3) is 0 Å². The van der Waals surface area contributed by atoms with Gasteiger partial charge in [-0.3, -0.25) is 0 Å². The predicted molar refractivity (Wildman–Crippen MR) is 198 cm³/mol. The first-order chi connectivity index (χ1) is 24.2. The van der Waals surface area contributed by atoms with Crippen LogP contribution in [0, 0.1) is 41.4 Å². The van der Waals surface area contributed by atoms with Crippen LogP contribution in [-0.2, 0) is 14.8 Å². The summed E-state index contributed by atoms with van der Waals surface area (Å²) in [5.41, 5.74) is 0. The highest BCUT2D eigenvalue weighted by atomic mass is 35.5. The van der Waals surface area contributed by atoms with Crippen molar-refractivity contribution < 1.29 is 18.3 Å². The maximum absolute atomic E-state index is 11.9. The Morgan fingerprint density at radius 3 is 1.64 bits per heavy atom. The number of hydrogen-bond donors (Lipinski definition) is 1. The predicted octanol–water partition coefficient (Wildman–Crippen LogP) is 5.82. The Morgan fingerprint density at radius 1 is 0.740 bits per heavy atom. The molecule has 0 radical (unpaired) electrons. The van der Waals surface area contributed by atoms with Gasteiger partial charge in [-0.2, -0.15) is 0 Å². The summed E-state index contributed by atoms with van der Waals surface area (Å²) in [6.45, 7) is 9.10. The van der Waals surface area contributed by atoms with Crippen LogP contribution >= 0.6 is 23.2 Å². The van der Waals surface area contributed by atoms with E-state index in [2.05, 4.69) is 29.7 Å². The van der Waals surface area contributed by atoms with Crippen molar-refractivity contribution in [2.75, 3.05) is 74.6 Å². The summed E-state index contributed by atoms with van der Waals surface area (Å²) in [6.07, 6.45) is 18.2. The average Bonchev–Trinajstić information content (AvgIpc) is 4.08. The lowest BCUT2D eigenvalue weighted by Crippen LogP contribution is -2.40. The van der Waals surface area contributed by atoms with Crippen LogP contribution < -0.4 is 9.80 Å². The van der Waals surface area contributed by atoms with Gasteiger partial charge in [0.2, 0.25) is 21.9 Å². The molecule has 7 rings (SSSR count). The van der Waals surface area contributed by atoms with Gasteiger partial charge in [-0.05, 0) is 113 Å². The van der Waals surface area contributed by atoms with E-state index in [-0.39, 0.29) is 5.75 Å². The second-order valence-corrected chi connectivity index (χ2v) is 18.1. The maximum atomic E-state index is 11.9. The second kappa shape index (κ2) is 17.8. The topological polar surface area (TPSA) is 125 Å². The van der Waals surface area contributed by atoms with Crippen molar-refractivity contribution in [1.82, 2.24) is 24.2 Å². The van der Waals surface area contributed by atoms with Crippen molar-refractivity contribution in [2.24, 2.45) is 41.4 Å². The Morgan fingerprint density at radius 2 is 1.20 bits per heavy atom. The first-order valence-electron chi connectivity index (χ1n) is 18.9. The molecule has 2 saturated carbocycles. The van der Waals surface area contributed by atoms with Crippen molar-refractivity contribution in [1.29, 1.82) is 0 Å². The number of aromatic nitrogens is 4. The fourth-order valence-corrected chi connectivity index (χ4v) is 9.87. The van der Waals surface area contributed by atoms with Gasteiger partial charge >= 0.3 is 0 Å². The molecule has 50 heavy (non-hydrogen) atoms. The highest BCUT2D eigenvalue weighted by Gasteiger charge is 2.44. The van der Waals surface area contributed by atoms with Gasteiger partial charge in [-0.25, -0.2) is 32.7 Å². The molecule has 0 amide bonds. The molecule has 0 bridgehead atoms. The highest BCUT2D eigenvalue weighted by molar-refractivity contribution is 7.89. The van der Waals surface area contributed by atoms with E-state index in [1.54, 1.807) is 36.0 Å². The molecule has 0 unspecified atom stereocenters. The quantitative estimate of drug-likeness (QED) is 0.251. The molecule has 278 valence electrons. The van der Waals surface area contributed by atoms with Gasteiger partial charge in [0.15, 0.2) is 0 Å². The normalized spacial score (nSPS) is 26.8. The molecule has 5 fully saturated rings. The molecule has 3 aliphatic heterocycles. The van der Waals surface area contributed by atoms with Crippen LogP contribution in [0.2, 0.25) is 10.0 Å². The van der Waals surface area contributed by atoms with Gasteiger partial charge in [-0.15, -0.1) is 0 Å². The van der Waals surface area contributed by atoms with Crippen LogP contribution in [0.5, 0.6) is 0 Å². The lowest BCUT2D eigenvalue weighted by atomic mass is 9.90. The Bertz CT molecular complexity index is 1430. The standard InChI is InChI=1S/C22H35ClN4O3S.C14H20ClN3O/c1-2-31(28,29)27-10-3-17(4-11-27)16-30-12-7-19-13-21(19)18-5-8-26(9-6-18)22-24-14-20(23)15-25-22;15-12-8-16-14(17-9-12)18-4-1-10(2-5-18)13-7-11(13)3-6-19/h14-15,17-19,21H,2-13,16H2,1H3;8-11,13,19H,1-7H2/t19-,21-;11-,13-/m11/s1. The van der Waals surface area contributed by atoms with E-state index in [0.717, 1.165) is 112 Å². The molecule has 4 atom stereocenters. The van der Waals surface area contributed by atoms with E-state index in [4.69, 9.17) is 33.0 Å². The third kappa shape index (κ3) is 10.4. The fraction of sp³-hybridized carbons (Fsp3) is 0.778. The summed E-state index contributed by atoms with van der Waals surface area (Å²) < 4.78 is 31.5. The zero-order chi connectivity index (χ0) is 35.1. The summed E-state index contributed by atoms with van der Waals surface area (Å²) in [4.78, 5) is 21.8. The van der Waals surface area contributed by atoms with Crippen LogP contribution in [0.4, 0.5) is 11.9 Å². The third-order valence-electron chi connectivity index (χ3n) is 11.8. The Hall–Kier alpha value is -1.83. The fourth-order valence-electron chi connectivity index (χ4n) is 8.54. The van der Waals surface area contributed by atoms with Crippen LogP contribution in [0.1, 0.15) is 71.1 Å². The first kappa shape index (κ1) is 37.9. The van der Waals surface area contributed by atoms with E-state index in [0.29, 0.717) is 35.7 Å². The molecule has 2 aliphatic carbocycles. The van der Waals surface area contributed by atoms with Gasteiger partial charge in [0, 0.05) is 59.1 Å². The van der Waals surface area contributed by atoms with Crippen LogP contribution in [0.15, 0.2) is 24.8 Å². The van der Waals surface area contributed by atoms with Crippen LogP contribution in [0.3, 0.4) is 0 Å². The minimum atomic E-state index is -3.03. The highest BCUT2D eigenvalue weighted by Crippen LogP contribution is 2.50. The van der Waals surface area contributed by atoms with Gasteiger partial charge in [0.05, 0.1) is 40.6 Å².